The number of aryl methyl sites for hydroxylation is 2. The molecule has 0 saturated heterocycles. The molecule has 0 bridgehead atoms. The van der Waals surface area contributed by atoms with Gasteiger partial charge in [-0.15, -0.1) is 0 Å². The maximum Gasteiger partial charge on any atom is 0.220 e. The monoisotopic (exact) mass is 289 g/mol. The number of nitrogens with zero attached hydrogens (tertiary/aromatic N) is 2. The van der Waals surface area contributed by atoms with Crippen molar-refractivity contribution in [2.24, 2.45) is 0 Å². The van der Waals surface area contributed by atoms with Gasteiger partial charge in [-0.05, 0) is 25.5 Å². The van der Waals surface area contributed by atoms with Crippen LogP contribution in [0.1, 0.15) is 22.4 Å². The molecule has 3 aromatic rings. The van der Waals surface area contributed by atoms with E-state index in [1.54, 1.807) is 0 Å². The van der Waals surface area contributed by atoms with Crippen molar-refractivity contribution in [1.82, 2.24) is 9.97 Å². The molecule has 1 aromatic heterocycles. The van der Waals surface area contributed by atoms with Gasteiger partial charge >= 0.3 is 0 Å². The van der Waals surface area contributed by atoms with Gasteiger partial charge in [-0.25, -0.2) is 9.97 Å². The summed E-state index contributed by atoms with van der Waals surface area (Å²) in [4.78, 5) is 8.72. The van der Waals surface area contributed by atoms with Crippen molar-refractivity contribution < 1.29 is 0 Å². The van der Waals surface area contributed by atoms with Gasteiger partial charge in [0.1, 0.15) is 0 Å². The van der Waals surface area contributed by atoms with Crippen molar-refractivity contribution >= 4 is 5.95 Å². The maximum atomic E-state index is 5.88. The van der Waals surface area contributed by atoms with Crippen molar-refractivity contribution in [1.29, 1.82) is 0 Å². The summed E-state index contributed by atoms with van der Waals surface area (Å²) < 4.78 is 0. The maximum absolute atomic E-state index is 5.88. The molecule has 2 N–H and O–H groups in total. The first-order valence-electron chi connectivity index (χ1n) is 7.36. The smallest absolute Gasteiger partial charge is 0.220 e. The molecule has 3 nitrogen and oxygen atoms in total. The number of hydrogen-bond acceptors (Lipinski definition) is 3. The minimum Gasteiger partial charge on any atom is -0.368 e. The van der Waals surface area contributed by atoms with Crippen LogP contribution < -0.4 is 5.73 Å². The van der Waals surface area contributed by atoms with Crippen LogP contribution in [0.25, 0.3) is 11.3 Å². The van der Waals surface area contributed by atoms with Crippen molar-refractivity contribution in [2.75, 3.05) is 5.73 Å². The summed E-state index contributed by atoms with van der Waals surface area (Å²) in [6.45, 7) is 4.16. The van der Waals surface area contributed by atoms with E-state index in [1.165, 1.54) is 16.7 Å². The first-order valence-corrected chi connectivity index (χ1v) is 7.36. The number of nitrogens with two attached hydrogens (primary N) is 1. The molecule has 0 saturated carbocycles. The van der Waals surface area contributed by atoms with Crippen LogP contribution in [0.4, 0.5) is 5.95 Å². The van der Waals surface area contributed by atoms with Crippen LogP contribution in [0.3, 0.4) is 0 Å². The van der Waals surface area contributed by atoms with Gasteiger partial charge in [0.05, 0.1) is 11.4 Å². The Labute approximate surface area is 130 Å². The lowest BCUT2D eigenvalue weighted by Crippen LogP contribution is -2.02. The highest BCUT2D eigenvalue weighted by Crippen LogP contribution is 2.20. The van der Waals surface area contributed by atoms with E-state index in [1.807, 2.05) is 6.07 Å². The molecule has 0 radical (unpaired) electrons. The lowest BCUT2D eigenvalue weighted by molar-refractivity contribution is 1.04. The van der Waals surface area contributed by atoms with E-state index in [9.17, 15) is 0 Å². The van der Waals surface area contributed by atoms with Gasteiger partial charge in [-0.1, -0.05) is 59.7 Å². The summed E-state index contributed by atoms with van der Waals surface area (Å²) in [5.74, 6) is 0.320. The van der Waals surface area contributed by atoms with Crippen LogP contribution >= 0.6 is 0 Å². The van der Waals surface area contributed by atoms with E-state index >= 15 is 0 Å². The summed E-state index contributed by atoms with van der Waals surface area (Å²) in [5.41, 5.74) is 12.5. The van der Waals surface area contributed by atoms with Crippen molar-refractivity contribution in [3.05, 3.63) is 77.0 Å². The molecule has 0 unspecified atom stereocenters. The molecule has 22 heavy (non-hydrogen) atoms. The Bertz CT molecular complexity index is 775. The molecular weight excluding hydrogens is 270 g/mol. The lowest BCUT2D eigenvalue weighted by atomic mass is 10.1. The third-order valence-electron chi connectivity index (χ3n) is 3.65. The van der Waals surface area contributed by atoms with Gasteiger partial charge in [0.25, 0.3) is 0 Å². The van der Waals surface area contributed by atoms with E-state index in [4.69, 9.17) is 5.73 Å². The van der Waals surface area contributed by atoms with Crippen LogP contribution in [0.2, 0.25) is 0 Å². The zero-order chi connectivity index (χ0) is 15.5. The lowest BCUT2D eigenvalue weighted by Gasteiger charge is -2.07. The van der Waals surface area contributed by atoms with Crippen LogP contribution in [0, 0.1) is 13.8 Å². The Balaban J connectivity index is 1.92. The molecule has 0 spiro atoms. The van der Waals surface area contributed by atoms with Gasteiger partial charge < -0.3 is 5.73 Å². The summed E-state index contributed by atoms with van der Waals surface area (Å²) in [7, 11) is 0. The Hall–Kier alpha value is -2.68. The SMILES string of the molecule is Cc1ccc(Cc2cc(-c3ccc(C)cc3)nc(N)n2)cc1. The topological polar surface area (TPSA) is 51.8 Å². The van der Waals surface area contributed by atoms with Crippen molar-refractivity contribution in [3.63, 3.8) is 0 Å². The minimum absolute atomic E-state index is 0.320. The van der Waals surface area contributed by atoms with E-state index in [0.717, 1.165) is 23.4 Å². The van der Waals surface area contributed by atoms with Crippen molar-refractivity contribution in [3.8, 4) is 11.3 Å². The molecule has 3 rings (SSSR count). The fourth-order valence-electron chi connectivity index (χ4n) is 2.40. The summed E-state index contributed by atoms with van der Waals surface area (Å²) in [6, 6.07) is 18.8. The first-order chi connectivity index (χ1) is 10.6. The third kappa shape index (κ3) is 3.31. The van der Waals surface area contributed by atoms with E-state index < -0.39 is 0 Å². The number of hydrogen-bond donors (Lipinski definition) is 1. The minimum atomic E-state index is 0.320. The summed E-state index contributed by atoms with van der Waals surface area (Å²) in [5, 5.41) is 0. The van der Waals surface area contributed by atoms with E-state index in [-0.39, 0.29) is 0 Å². The number of nitrogen functional groups attached to an aromatic ring is 1. The van der Waals surface area contributed by atoms with Crippen LogP contribution in [0.5, 0.6) is 0 Å². The highest BCUT2D eigenvalue weighted by Gasteiger charge is 2.06. The fourth-order valence-corrected chi connectivity index (χ4v) is 2.40. The van der Waals surface area contributed by atoms with E-state index in [0.29, 0.717) is 5.95 Å². The average molecular weight is 289 g/mol. The highest BCUT2D eigenvalue weighted by molar-refractivity contribution is 5.61. The Morgan fingerprint density at radius 3 is 2.05 bits per heavy atom. The summed E-state index contributed by atoms with van der Waals surface area (Å²) >= 11 is 0. The standard InChI is InChI=1S/C19H19N3/c1-13-3-7-15(8-4-13)11-17-12-18(22-19(20)21-17)16-9-5-14(2)6-10-16/h3-10,12H,11H2,1-2H3,(H2,20,21,22). The van der Waals surface area contributed by atoms with Crippen LogP contribution in [-0.4, -0.2) is 9.97 Å². The van der Waals surface area contributed by atoms with Crippen molar-refractivity contribution in [2.45, 2.75) is 20.3 Å². The van der Waals surface area contributed by atoms with Crippen LogP contribution in [0.15, 0.2) is 54.6 Å². The number of aromatic nitrogens is 2. The predicted octanol–water partition coefficient (Wildman–Crippen LogP) is 3.93. The number of rotatable bonds is 3. The van der Waals surface area contributed by atoms with Crippen LogP contribution in [-0.2, 0) is 6.42 Å². The number of benzene rings is 2. The zero-order valence-corrected chi connectivity index (χ0v) is 12.9. The van der Waals surface area contributed by atoms with Gasteiger partial charge in [0.2, 0.25) is 5.95 Å². The second-order valence-corrected chi connectivity index (χ2v) is 5.63. The second kappa shape index (κ2) is 5.98. The van der Waals surface area contributed by atoms with Gasteiger partial charge in [-0.2, -0.15) is 0 Å². The molecule has 110 valence electrons. The average Bonchev–Trinajstić information content (AvgIpc) is 2.50. The second-order valence-electron chi connectivity index (χ2n) is 5.63. The third-order valence-corrected chi connectivity index (χ3v) is 3.65. The Morgan fingerprint density at radius 2 is 1.41 bits per heavy atom. The molecule has 0 aliphatic rings. The largest absolute Gasteiger partial charge is 0.368 e. The molecular formula is C19H19N3. The molecule has 0 fully saturated rings. The molecule has 2 aromatic carbocycles. The molecule has 0 aliphatic heterocycles. The first kappa shape index (κ1) is 14.3. The predicted molar refractivity (Wildman–Crippen MR) is 90.6 cm³/mol. The summed E-state index contributed by atoms with van der Waals surface area (Å²) in [6.07, 6.45) is 0.756. The zero-order valence-electron chi connectivity index (χ0n) is 12.9. The molecule has 3 heteroatoms. The molecule has 0 aliphatic carbocycles. The highest BCUT2D eigenvalue weighted by atomic mass is 15.0. The Kier molecular flexibility index (Phi) is 3.88. The Morgan fingerprint density at radius 1 is 0.818 bits per heavy atom. The normalized spacial score (nSPS) is 10.6. The molecule has 0 amide bonds. The quantitative estimate of drug-likeness (QED) is 0.794. The van der Waals surface area contributed by atoms with Gasteiger partial charge in [0.15, 0.2) is 0 Å². The molecule has 0 atom stereocenters. The van der Waals surface area contributed by atoms with E-state index in [2.05, 4.69) is 72.3 Å². The molecule has 1 heterocycles. The number of anilines is 1. The fraction of sp³-hybridized carbons (Fsp3) is 0.158. The van der Waals surface area contributed by atoms with Gasteiger partial charge in [-0.3, -0.25) is 0 Å². The van der Waals surface area contributed by atoms with Gasteiger partial charge in [0, 0.05) is 12.0 Å².